The average molecular weight is 301 g/mol. The number of para-hydroxylation sites is 1. The first kappa shape index (κ1) is 16.6. The molecule has 0 aromatic heterocycles. The number of anilines is 2. The van der Waals surface area contributed by atoms with E-state index in [0.29, 0.717) is 0 Å². The molecule has 116 valence electrons. The van der Waals surface area contributed by atoms with Gasteiger partial charge in [-0.3, -0.25) is 0 Å². The van der Waals surface area contributed by atoms with Crippen LogP contribution >= 0.6 is 0 Å². The second-order valence-corrected chi connectivity index (χ2v) is 5.65. The highest BCUT2D eigenvalue weighted by molar-refractivity contribution is 5.70. The third-order valence-electron chi connectivity index (χ3n) is 3.70. The highest BCUT2D eigenvalue weighted by Crippen LogP contribution is 2.32. The molecule has 0 saturated heterocycles. The predicted molar refractivity (Wildman–Crippen MR) is 101 cm³/mol. The van der Waals surface area contributed by atoms with Crippen LogP contribution in [0, 0.1) is 33.1 Å². The molecule has 2 rings (SSSR count). The van der Waals surface area contributed by atoms with Crippen molar-refractivity contribution in [1.82, 2.24) is 0 Å². The molecule has 0 saturated carbocycles. The van der Waals surface area contributed by atoms with Gasteiger partial charge >= 0.3 is 0 Å². The lowest BCUT2D eigenvalue weighted by atomic mass is 10.0. The van der Waals surface area contributed by atoms with E-state index in [1.54, 1.807) is 6.08 Å². The van der Waals surface area contributed by atoms with Gasteiger partial charge in [0.05, 0.1) is 0 Å². The maximum Gasteiger partial charge on any atom is 0.0473 e. The lowest BCUT2D eigenvalue weighted by molar-refractivity contribution is 1.07. The number of terminal acetylenes is 1. The summed E-state index contributed by atoms with van der Waals surface area (Å²) in [7, 11) is 0. The number of hydrogen-bond donors (Lipinski definition) is 0. The minimum absolute atomic E-state index is 0.795. The normalized spacial score (nSPS) is 11.0. The fourth-order valence-corrected chi connectivity index (χ4v) is 2.89. The van der Waals surface area contributed by atoms with E-state index in [-0.39, 0.29) is 0 Å². The lowest BCUT2D eigenvalue weighted by Gasteiger charge is -2.27. The molecule has 0 heterocycles. The summed E-state index contributed by atoms with van der Waals surface area (Å²) < 4.78 is 0. The molecule has 0 fully saturated rings. The van der Waals surface area contributed by atoms with E-state index in [2.05, 4.69) is 74.1 Å². The van der Waals surface area contributed by atoms with Gasteiger partial charge < -0.3 is 4.90 Å². The van der Waals surface area contributed by atoms with E-state index in [0.717, 1.165) is 6.54 Å². The molecule has 0 bridgehead atoms. The van der Waals surface area contributed by atoms with Crippen molar-refractivity contribution in [1.29, 1.82) is 0 Å². The Morgan fingerprint density at radius 2 is 1.65 bits per heavy atom. The molecule has 0 atom stereocenters. The van der Waals surface area contributed by atoms with Gasteiger partial charge in [0, 0.05) is 17.9 Å². The Labute approximate surface area is 140 Å². The molecular weight excluding hydrogens is 278 g/mol. The third-order valence-corrected chi connectivity index (χ3v) is 3.70. The van der Waals surface area contributed by atoms with Gasteiger partial charge in [-0.25, -0.2) is 0 Å². The van der Waals surface area contributed by atoms with Gasteiger partial charge in [0.25, 0.3) is 0 Å². The monoisotopic (exact) mass is 301 g/mol. The number of nitrogens with zero attached hydrogens (tertiary/aromatic N) is 1. The summed E-state index contributed by atoms with van der Waals surface area (Å²) in [5, 5.41) is 0. The Morgan fingerprint density at radius 1 is 1.00 bits per heavy atom. The number of aryl methyl sites for hydroxylation is 3. The van der Waals surface area contributed by atoms with Gasteiger partial charge in [0.15, 0.2) is 0 Å². The lowest BCUT2D eigenvalue weighted by Crippen LogP contribution is -2.19. The zero-order valence-corrected chi connectivity index (χ0v) is 14.1. The molecule has 0 radical (unpaired) electrons. The van der Waals surface area contributed by atoms with Crippen molar-refractivity contribution in [2.24, 2.45) is 0 Å². The first-order chi connectivity index (χ1) is 11.1. The molecule has 0 amide bonds. The van der Waals surface area contributed by atoms with E-state index in [1.807, 2.05) is 18.2 Å². The van der Waals surface area contributed by atoms with Gasteiger partial charge in [-0.2, -0.15) is 0 Å². The molecule has 0 spiro atoms. The quantitative estimate of drug-likeness (QED) is 0.521. The molecular formula is C22H23N. The summed E-state index contributed by atoms with van der Waals surface area (Å²) in [5.74, 6) is 2.50. The van der Waals surface area contributed by atoms with Crippen LogP contribution < -0.4 is 4.90 Å². The Balaban J connectivity index is 2.41. The summed E-state index contributed by atoms with van der Waals surface area (Å²) in [6.07, 6.45) is 12.9. The molecule has 1 nitrogen and oxygen atoms in total. The fraction of sp³-hybridized carbons (Fsp3) is 0.182. The molecule has 2 aromatic carbocycles. The average Bonchev–Trinajstić information content (AvgIpc) is 2.53. The molecule has 0 aliphatic heterocycles. The Kier molecular flexibility index (Phi) is 5.83. The topological polar surface area (TPSA) is 3.24 Å². The summed E-state index contributed by atoms with van der Waals surface area (Å²) in [6, 6.07) is 14.9. The van der Waals surface area contributed by atoms with Crippen molar-refractivity contribution in [2.75, 3.05) is 11.4 Å². The fourth-order valence-electron chi connectivity index (χ4n) is 2.89. The summed E-state index contributed by atoms with van der Waals surface area (Å²) >= 11 is 0. The molecule has 0 aliphatic carbocycles. The Hall–Kier alpha value is -2.72. The first-order valence-electron chi connectivity index (χ1n) is 7.81. The molecule has 23 heavy (non-hydrogen) atoms. The highest BCUT2D eigenvalue weighted by Gasteiger charge is 2.13. The van der Waals surface area contributed by atoms with Gasteiger partial charge in [0.2, 0.25) is 0 Å². The molecule has 0 N–H and O–H groups in total. The smallest absolute Gasteiger partial charge is 0.0473 e. The van der Waals surface area contributed by atoms with Crippen LogP contribution in [0.2, 0.25) is 0 Å². The van der Waals surface area contributed by atoms with Crippen molar-refractivity contribution in [2.45, 2.75) is 20.8 Å². The van der Waals surface area contributed by atoms with E-state index in [4.69, 9.17) is 6.42 Å². The van der Waals surface area contributed by atoms with E-state index < -0.39 is 0 Å². The number of allylic oxidation sites excluding steroid dienone is 3. The molecule has 1 heteroatoms. The first-order valence-corrected chi connectivity index (χ1v) is 7.81. The third kappa shape index (κ3) is 4.37. The summed E-state index contributed by atoms with van der Waals surface area (Å²) in [6.45, 7) is 7.28. The highest BCUT2D eigenvalue weighted by atomic mass is 15.1. The Morgan fingerprint density at radius 3 is 2.26 bits per heavy atom. The predicted octanol–water partition coefficient (Wildman–Crippen LogP) is 5.50. The number of benzene rings is 2. The number of hydrogen-bond acceptors (Lipinski definition) is 1. The van der Waals surface area contributed by atoms with Crippen LogP contribution in [0.1, 0.15) is 16.7 Å². The van der Waals surface area contributed by atoms with Gasteiger partial charge in [-0.15, -0.1) is 6.42 Å². The maximum absolute atomic E-state index is 5.23. The SMILES string of the molecule is C#C/C=C\C=C/CN(c1ccccc1)c1c(C)cc(C)cc1C. The summed E-state index contributed by atoms with van der Waals surface area (Å²) in [5.41, 5.74) is 6.34. The second kappa shape index (κ2) is 8.06. The largest absolute Gasteiger partial charge is 0.337 e. The molecule has 0 aliphatic rings. The maximum atomic E-state index is 5.23. The van der Waals surface area contributed by atoms with Crippen LogP contribution in [0.15, 0.2) is 66.8 Å². The minimum atomic E-state index is 0.795. The van der Waals surface area contributed by atoms with Crippen LogP contribution in [-0.4, -0.2) is 6.54 Å². The van der Waals surface area contributed by atoms with Crippen LogP contribution in [0.5, 0.6) is 0 Å². The van der Waals surface area contributed by atoms with Crippen LogP contribution in [0.25, 0.3) is 0 Å². The van der Waals surface area contributed by atoms with Crippen LogP contribution in [0.3, 0.4) is 0 Å². The van der Waals surface area contributed by atoms with Gasteiger partial charge in [0.1, 0.15) is 0 Å². The Bertz CT molecular complexity index is 722. The van der Waals surface area contributed by atoms with E-state index in [9.17, 15) is 0 Å². The van der Waals surface area contributed by atoms with Crippen molar-refractivity contribution in [3.8, 4) is 12.3 Å². The minimum Gasteiger partial charge on any atom is -0.337 e. The van der Waals surface area contributed by atoms with Crippen molar-refractivity contribution < 1.29 is 0 Å². The molecule has 0 unspecified atom stereocenters. The molecule has 2 aromatic rings. The summed E-state index contributed by atoms with van der Waals surface area (Å²) in [4.78, 5) is 2.34. The number of rotatable bonds is 5. The van der Waals surface area contributed by atoms with E-state index >= 15 is 0 Å². The van der Waals surface area contributed by atoms with Gasteiger partial charge in [-0.05, 0) is 50.1 Å². The van der Waals surface area contributed by atoms with Crippen LogP contribution in [0.4, 0.5) is 11.4 Å². The van der Waals surface area contributed by atoms with Gasteiger partial charge in [-0.1, -0.05) is 60.0 Å². The second-order valence-electron chi connectivity index (χ2n) is 5.65. The zero-order chi connectivity index (χ0) is 16.7. The van der Waals surface area contributed by atoms with E-state index in [1.165, 1.54) is 28.1 Å². The van der Waals surface area contributed by atoms with Crippen molar-refractivity contribution in [3.63, 3.8) is 0 Å². The van der Waals surface area contributed by atoms with Crippen molar-refractivity contribution in [3.05, 3.63) is 83.5 Å². The standard InChI is InChI=1S/C22H23N/c1-5-6-7-8-12-15-23(21-13-10-9-11-14-21)22-19(3)16-18(2)17-20(22)4/h1,6-14,16-17H,15H2,2-4H3/b7-6-,12-8-. The zero-order valence-electron chi connectivity index (χ0n) is 14.1. The van der Waals surface area contributed by atoms with Crippen LogP contribution in [-0.2, 0) is 0 Å². The van der Waals surface area contributed by atoms with Crippen molar-refractivity contribution >= 4 is 11.4 Å².